The zero-order valence-electron chi connectivity index (χ0n) is 15.7. The van der Waals surface area contributed by atoms with Gasteiger partial charge in [0.05, 0.1) is 6.20 Å². The molecule has 1 saturated carbocycles. The van der Waals surface area contributed by atoms with Crippen LogP contribution >= 0.6 is 0 Å². The van der Waals surface area contributed by atoms with Crippen LogP contribution in [0, 0.1) is 5.92 Å². The fourth-order valence-electron chi connectivity index (χ4n) is 3.44. The van der Waals surface area contributed by atoms with Gasteiger partial charge in [0.25, 0.3) is 5.91 Å². The van der Waals surface area contributed by atoms with E-state index in [-0.39, 0.29) is 11.9 Å². The monoisotopic (exact) mass is 369 g/mol. The summed E-state index contributed by atoms with van der Waals surface area (Å²) < 4.78 is 1.87. The van der Waals surface area contributed by atoms with Gasteiger partial charge in [-0.05, 0) is 49.9 Å². The van der Waals surface area contributed by atoms with Gasteiger partial charge in [-0.2, -0.15) is 5.10 Å². The van der Waals surface area contributed by atoms with Crippen molar-refractivity contribution in [3.05, 3.63) is 42.1 Å². The van der Waals surface area contributed by atoms with Crippen LogP contribution in [0.25, 0.3) is 0 Å². The summed E-state index contributed by atoms with van der Waals surface area (Å²) in [6.07, 6.45) is 8.04. The quantitative estimate of drug-likeness (QED) is 0.722. The lowest BCUT2D eigenvalue weighted by atomic mass is 9.89. The smallest absolute Gasteiger partial charge is 0.324 e. The molecular weight excluding hydrogens is 342 g/mol. The third-order valence-electron chi connectivity index (χ3n) is 4.86. The van der Waals surface area contributed by atoms with Crippen LogP contribution in [0.5, 0.6) is 0 Å². The van der Waals surface area contributed by atoms with Crippen LogP contribution in [0.15, 0.2) is 36.5 Å². The number of urea groups is 1. The zero-order chi connectivity index (χ0) is 19.1. The molecule has 0 atom stereocenters. The standard InChI is InChI=1S/C20H27N5O2/c1-2-21-19(26)16-8-10-17(11-9-16)23-20(27)24-18-12-13-22-25(18)14-15-6-4-3-5-7-15/h8-13,15H,2-7,14H2,1H3,(H,21,26)(H2,23,24,27). The molecule has 3 rings (SSSR count). The van der Waals surface area contributed by atoms with Crippen molar-refractivity contribution in [2.75, 3.05) is 17.2 Å². The Hall–Kier alpha value is -2.83. The van der Waals surface area contributed by atoms with Crippen LogP contribution < -0.4 is 16.0 Å². The summed E-state index contributed by atoms with van der Waals surface area (Å²) in [6.45, 7) is 3.29. The van der Waals surface area contributed by atoms with Crippen molar-refractivity contribution >= 4 is 23.4 Å². The molecule has 1 heterocycles. The van der Waals surface area contributed by atoms with Crippen molar-refractivity contribution < 1.29 is 9.59 Å². The second-order valence-corrected chi connectivity index (χ2v) is 6.92. The van der Waals surface area contributed by atoms with Crippen LogP contribution in [0.1, 0.15) is 49.4 Å². The van der Waals surface area contributed by atoms with E-state index in [4.69, 9.17) is 0 Å². The number of benzene rings is 1. The molecule has 0 aliphatic heterocycles. The second kappa shape index (κ2) is 9.21. The van der Waals surface area contributed by atoms with E-state index in [1.165, 1.54) is 32.1 Å². The van der Waals surface area contributed by atoms with Crippen molar-refractivity contribution in [1.82, 2.24) is 15.1 Å². The third-order valence-corrected chi connectivity index (χ3v) is 4.86. The van der Waals surface area contributed by atoms with E-state index in [1.54, 1.807) is 36.5 Å². The van der Waals surface area contributed by atoms with Crippen LogP contribution in [-0.2, 0) is 6.54 Å². The molecule has 1 aromatic heterocycles. The lowest BCUT2D eigenvalue weighted by Gasteiger charge is -2.22. The fourth-order valence-corrected chi connectivity index (χ4v) is 3.44. The van der Waals surface area contributed by atoms with Gasteiger partial charge in [0.1, 0.15) is 5.82 Å². The topological polar surface area (TPSA) is 88.1 Å². The molecule has 2 aromatic rings. The molecule has 7 heteroatoms. The van der Waals surface area contributed by atoms with Gasteiger partial charge >= 0.3 is 6.03 Å². The summed E-state index contributed by atoms with van der Waals surface area (Å²) in [6, 6.07) is 8.28. The number of carbonyl (C=O) groups excluding carboxylic acids is 2. The largest absolute Gasteiger partial charge is 0.352 e. The summed E-state index contributed by atoms with van der Waals surface area (Å²) >= 11 is 0. The van der Waals surface area contributed by atoms with Gasteiger partial charge < -0.3 is 10.6 Å². The molecule has 0 saturated heterocycles. The van der Waals surface area contributed by atoms with E-state index in [1.807, 2.05) is 11.6 Å². The first kappa shape index (κ1) is 18.9. The van der Waals surface area contributed by atoms with Crippen LogP contribution in [0.3, 0.4) is 0 Å². The Morgan fingerprint density at radius 3 is 2.52 bits per heavy atom. The molecule has 7 nitrogen and oxygen atoms in total. The molecule has 3 N–H and O–H groups in total. The van der Waals surface area contributed by atoms with Gasteiger partial charge in [0.15, 0.2) is 0 Å². The van der Waals surface area contributed by atoms with Gasteiger partial charge in [0.2, 0.25) is 0 Å². The van der Waals surface area contributed by atoms with E-state index in [0.29, 0.717) is 29.5 Å². The van der Waals surface area contributed by atoms with Gasteiger partial charge in [0, 0.05) is 30.4 Å². The van der Waals surface area contributed by atoms with E-state index < -0.39 is 0 Å². The molecule has 0 spiro atoms. The first-order valence-electron chi connectivity index (χ1n) is 9.64. The number of hydrogen-bond acceptors (Lipinski definition) is 3. The average molecular weight is 369 g/mol. The second-order valence-electron chi connectivity index (χ2n) is 6.92. The molecule has 0 radical (unpaired) electrons. The number of nitrogens with zero attached hydrogens (tertiary/aromatic N) is 2. The number of carbonyl (C=O) groups is 2. The number of rotatable bonds is 6. The molecule has 1 aliphatic carbocycles. The molecule has 1 aromatic carbocycles. The van der Waals surface area contributed by atoms with Crippen LogP contribution in [0.4, 0.5) is 16.3 Å². The number of aromatic nitrogens is 2. The molecule has 27 heavy (non-hydrogen) atoms. The highest BCUT2D eigenvalue weighted by molar-refractivity contribution is 6.00. The maximum Gasteiger partial charge on any atom is 0.324 e. The van der Waals surface area contributed by atoms with Crippen LogP contribution in [0.2, 0.25) is 0 Å². The third kappa shape index (κ3) is 5.32. The minimum Gasteiger partial charge on any atom is -0.352 e. The molecular formula is C20H27N5O2. The number of hydrogen-bond donors (Lipinski definition) is 3. The Morgan fingerprint density at radius 1 is 1.07 bits per heavy atom. The zero-order valence-corrected chi connectivity index (χ0v) is 15.7. The predicted octanol–water partition coefficient (Wildman–Crippen LogP) is 3.86. The summed E-state index contributed by atoms with van der Waals surface area (Å²) in [5.41, 5.74) is 1.19. The predicted molar refractivity (Wildman–Crippen MR) is 106 cm³/mol. The Labute approximate surface area is 159 Å². The molecule has 1 aliphatic rings. The number of anilines is 2. The molecule has 0 bridgehead atoms. The average Bonchev–Trinajstić information content (AvgIpc) is 3.10. The van der Waals surface area contributed by atoms with Gasteiger partial charge in [-0.15, -0.1) is 0 Å². The molecule has 1 fully saturated rings. The maximum absolute atomic E-state index is 12.3. The number of amides is 3. The van der Waals surface area contributed by atoms with E-state index in [9.17, 15) is 9.59 Å². The van der Waals surface area contributed by atoms with Gasteiger partial charge in [-0.3, -0.25) is 10.1 Å². The van der Waals surface area contributed by atoms with Crippen molar-refractivity contribution in [2.24, 2.45) is 5.92 Å². The summed E-state index contributed by atoms with van der Waals surface area (Å²) in [7, 11) is 0. The van der Waals surface area contributed by atoms with Gasteiger partial charge in [-0.1, -0.05) is 19.3 Å². The Morgan fingerprint density at radius 2 is 1.81 bits per heavy atom. The SMILES string of the molecule is CCNC(=O)c1ccc(NC(=O)Nc2ccnn2CC2CCCCC2)cc1. The van der Waals surface area contributed by atoms with Crippen molar-refractivity contribution in [2.45, 2.75) is 45.6 Å². The lowest BCUT2D eigenvalue weighted by Crippen LogP contribution is -2.24. The highest BCUT2D eigenvalue weighted by Crippen LogP contribution is 2.25. The highest BCUT2D eigenvalue weighted by Gasteiger charge is 2.16. The minimum atomic E-state index is -0.328. The van der Waals surface area contributed by atoms with Gasteiger partial charge in [-0.25, -0.2) is 9.48 Å². The summed E-state index contributed by atoms with van der Waals surface area (Å²) in [5.74, 6) is 1.20. The molecule has 3 amide bonds. The first-order chi connectivity index (χ1) is 13.2. The Bertz CT molecular complexity index is 763. The molecule has 0 unspecified atom stereocenters. The van der Waals surface area contributed by atoms with E-state index in [0.717, 1.165) is 6.54 Å². The first-order valence-corrected chi connectivity index (χ1v) is 9.64. The highest BCUT2D eigenvalue weighted by atomic mass is 16.2. The van der Waals surface area contributed by atoms with Crippen molar-refractivity contribution in [1.29, 1.82) is 0 Å². The number of nitrogens with one attached hydrogen (secondary N) is 3. The van der Waals surface area contributed by atoms with Crippen molar-refractivity contribution in [3.63, 3.8) is 0 Å². The summed E-state index contributed by atoms with van der Waals surface area (Å²) in [4.78, 5) is 24.1. The minimum absolute atomic E-state index is 0.125. The van der Waals surface area contributed by atoms with Crippen molar-refractivity contribution in [3.8, 4) is 0 Å². The maximum atomic E-state index is 12.3. The normalized spacial score (nSPS) is 14.6. The van der Waals surface area contributed by atoms with E-state index in [2.05, 4.69) is 21.0 Å². The summed E-state index contributed by atoms with van der Waals surface area (Å²) in [5, 5.41) is 12.7. The molecule has 144 valence electrons. The van der Waals surface area contributed by atoms with Crippen LogP contribution in [-0.4, -0.2) is 28.3 Å². The Balaban J connectivity index is 1.55. The lowest BCUT2D eigenvalue weighted by molar-refractivity contribution is 0.0956. The fraction of sp³-hybridized carbons (Fsp3) is 0.450. The van der Waals surface area contributed by atoms with E-state index >= 15 is 0 Å². The Kier molecular flexibility index (Phi) is 6.46.